The van der Waals surface area contributed by atoms with Gasteiger partial charge in [-0.2, -0.15) is 11.8 Å². The molecule has 1 saturated heterocycles. The number of likely N-dealkylation sites (tertiary alicyclic amines) is 1. The number of hydrogen-bond acceptors (Lipinski definition) is 4. The molecule has 1 amide bonds. The summed E-state index contributed by atoms with van der Waals surface area (Å²) in [5.74, 6) is 1.84. The second kappa shape index (κ2) is 4.93. The van der Waals surface area contributed by atoms with E-state index in [1.165, 1.54) is 0 Å². The molecule has 1 aromatic rings. The number of carbonyl (C=O) groups is 1. The second-order valence-corrected chi connectivity index (χ2v) is 4.76. The van der Waals surface area contributed by atoms with E-state index in [9.17, 15) is 9.90 Å². The van der Waals surface area contributed by atoms with Gasteiger partial charge in [-0.1, -0.05) is 0 Å². The lowest BCUT2D eigenvalue weighted by Gasteiger charge is -2.13. The highest BCUT2D eigenvalue weighted by atomic mass is 32.2. The molecule has 4 nitrogen and oxygen atoms in total. The number of nitrogens with zero attached hydrogens (tertiary/aromatic N) is 1. The number of β-amino-alcohol motifs (C(OH)–C–C–N with tert-alkyl or cyclic N) is 1. The minimum absolute atomic E-state index is 0.121. The molecule has 1 aliphatic heterocycles. The van der Waals surface area contributed by atoms with Crippen molar-refractivity contribution in [3.05, 3.63) is 23.7 Å². The summed E-state index contributed by atoms with van der Waals surface area (Å²) in [5, 5.41) is 9.36. The van der Waals surface area contributed by atoms with Crippen molar-refractivity contribution in [2.75, 3.05) is 19.3 Å². The Bertz CT molecular complexity index is 377. The number of carbonyl (C=O) groups excluding carboxylic acids is 1. The Morgan fingerprint density at radius 3 is 3.12 bits per heavy atom. The topological polar surface area (TPSA) is 53.7 Å². The second-order valence-electron chi connectivity index (χ2n) is 3.89. The van der Waals surface area contributed by atoms with Crippen molar-refractivity contribution in [2.24, 2.45) is 0 Å². The quantitative estimate of drug-likeness (QED) is 0.868. The zero-order valence-electron chi connectivity index (χ0n) is 9.18. The molecular formula is C11H15NO3S. The van der Waals surface area contributed by atoms with Gasteiger partial charge in [-0.3, -0.25) is 4.79 Å². The Balaban J connectivity index is 2.03. The minimum atomic E-state index is -0.385. The van der Waals surface area contributed by atoms with Crippen molar-refractivity contribution in [3.63, 3.8) is 0 Å². The molecule has 2 heterocycles. The fourth-order valence-corrected chi connectivity index (χ4v) is 2.23. The minimum Gasteiger partial charge on any atom is -0.455 e. The maximum Gasteiger partial charge on any atom is 0.289 e. The number of hydrogen-bond donors (Lipinski definition) is 1. The Labute approximate surface area is 98.6 Å². The highest BCUT2D eigenvalue weighted by Gasteiger charge is 2.27. The first-order valence-corrected chi connectivity index (χ1v) is 6.65. The summed E-state index contributed by atoms with van der Waals surface area (Å²) in [6, 6.07) is 3.54. The van der Waals surface area contributed by atoms with Crippen molar-refractivity contribution in [3.8, 4) is 0 Å². The van der Waals surface area contributed by atoms with Crippen LogP contribution in [0.4, 0.5) is 0 Å². The van der Waals surface area contributed by atoms with Gasteiger partial charge in [0.25, 0.3) is 5.91 Å². The van der Waals surface area contributed by atoms with Crippen LogP contribution >= 0.6 is 11.8 Å². The first kappa shape index (κ1) is 11.5. The van der Waals surface area contributed by atoms with Crippen LogP contribution in [0, 0.1) is 0 Å². The van der Waals surface area contributed by atoms with Gasteiger partial charge in [-0.05, 0) is 24.8 Å². The van der Waals surface area contributed by atoms with Gasteiger partial charge in [-0.25, -0.2) is 0 Å². The number of rotatable bonds is 3. The van der Waals surface area contributed by atoms with E-state index in [1.54, 1.807) is 22.7 Å². The predicted molar refractivity (Wildman–Crippen MR) is 62.5 cm³/mol. The van der Waals surface area contributed by atoms with E-state index in [-0.39, 0.29) is 12.0 Å². The van der Waals surface area contributed by atoms with Crippen molar-refractivity contribution in [2.45, 2.75) is 18.3 Å². The molecule has 0 bridgehead atoms. The lowest BCUT2D eigenvalue weighted by atomic mass is 10.3. The summed E-state index contributed by atoms with van der Waals surface area (Å²) in [4.78, 5) is 13.6. The molecule has 0 aromatic carbocycles. The molecule has 0 aliphatic carbocycles. The van der Waals surface area contributed by atoms with E-state index in [2.05, 4.69) is 0 Å². The van der Waals surface area contributed by atoms with E-state index in [1.807, 2.05) is 12.3 Å². The molecule has 16 heavy (non-hydrogen) atoms. The fraction of sp³-hybridized carbons (Fsp3) is 0.545. The normalized spacial score (nSPS) is 20.4. The van der Waals surface area contributed by atoms with Crippen LogP contribution in [0.5, 0.6) is 0 Å². The third-order valence-electron chi connectivity index (χ3n) is 2.61. The van der Waals surface area contributed by atoms with E-state index >= 15 is 0 Å². The number of aliphatic hydroxyl groups excluding tert-OH is 1. The lowest BCUT2D eigenvalue weighted by Crippen LogP contribution is -2.29. The van der Waals surface area contributed by atoms with E-state index in [0.29, 0.717) is 25.3 Å². The zero-order chi connectivity index (χ0) is 11.5. The molecule has 88 valence electrons. The average Bonchev–Trinajstić information content (AvgIpc) is 2.87. The summed E-state index contributed by atoms with van der Waals surface area (Å²) in [6.07, 6.45) is 2.26. The van der Waals surface area contributed by atoms with Crippen LogP contribution in [0.3, 0.4) is 0 Å². The molecule has 1 aromatic heterocycles. The number of furan rings is 1. The molecule has 1 N–H and O–H groups in total. The van der Waals surface area contributed by atoms with Crippen LogP contribution in [-0.2, 0) is 5.75 Å². The molecule has 0 saturated carbocycles. The Kier molecular flexibility index (Phi) is 3.56. The summed E-state index contributed by atoms with van der Waals surface area (Å²) < 4.78 is 5.44. The van der Waals surface area contributed by atoms with Crippen molar-refractivity contribution < 1.29 is 14.3 Å². The van der Waals surface area contributed by atoms with Crippen LogP contribution in [0.2, 0.25) is 0 Å². The van der Waals surface area contributed by atoms with Gasteiger partial charge in [0, 0.05) is 13.1 Å². The molecule has 0 spiro atoms. The molecule has 1 atom stereocenters. The molecular weight excluding hydrogens is 226 g/mol. The van der Waals surface area contributed by atoms with Crippen LogP contribution in [-0.4, -0.2) is 41.4 Å². The van der Waals surface area contributed by atoms with E-state index < -0.39 is 0 Å². The number of thioether (sulfide) groups is 1. The summed E-state index contributed by atoms with van der Waals surface area (Å²) in [5.41, 5.74) is 0. The lowest BCUT2D eigenvalue weighted by molar-refractivity contribution is 0.0732. The standard InChI is InChI=1S/C11H15NO3S/c1-16-7-9-2-3-10(15-9)11(14)12-5-4-8(13)6-12/h2-3,8,13H,4-7H2,1H3/t8-/m1/s1. The first-order chi connectivity index (χ1) is 7.70. The summed E-state index contributed by atoms with van der Waals surface area (Å²) >= 11 is 1.65. The fourth-order valence-electron chi connectivity index (χ4n) is 1.79. The smallest absolute Gasteiger partial charge is 0.289 e. The SMILES string of the molecule is CSCc1ccc(C(=O)N2CC[C@@H](O)C2)o1. The largest absolute Gasteiger partial charge is 0.455 e. The molecule has 0 radical (unpaired) electrons. The van der Waals surface area contributed by atoms with Crippen LogP contribution < -0.4 is 0 Å². The van der Waals surface area contributed by atoms with Crippen LogP contribution in [0.15, 0.2) is 16.5 Å². The number of amides is 1. The van der Waals surface area contributed by atoms with Gasteiger partial charge in [-0.15, -0.1) is 0 Å². The van der Waals surface area contributed by atoms with Gasteiger partial charge in [0.05, 0.1) is 11.9 Å². The van der Waals surface area contributed by atoms with E-state index in [4.69, 9.17) is 4.42 Å². The molecule has 2 rings (SSSR count). The third kappa shape index (κ3) is 2.41. The van der Waals surface area contributed by atoms with Gasteiger partial charge < -0.3 is 14.4 Å². The maximum atomic E-state index is 11.9. The molecule has 1 fully saturated rings. The van der Waals surface area contributed by atoms with Crippen LogP contribution in [0.25, 0.3) is 0 Å². The van der Waals surface area contributed by atoms with Gasteiger partial charge in [0.1, 0.15) is 5.76 Å². The average molecular weight is 241 g/mol. The Morgan fingerprint density at radius 2 is 2.50 bits per heavy atom. The van der Waals surface area contributed by atoms with Gasteiger partial charge in [0.2, 0.25) is 0 Å². The van der Waals surface area contributed by atoms with Crippen molar-refractivity contribution in [1.82, 2.24) is 4.90 Å². The monoisotopic (exact) mass is 241 g/mol. The van der Waals surface area contributed by atoms with Crippen LogP contribution in [0.1, 0.15) is 22.7 Å². The highest BCUT2D eigenvalue weighted by Crippen LogP contribution is 2.17. The van der Waals surface area contributed by atoms with Crippen molar-refractivity contribution in [1.29, 1.82) is 0 Å². The highest BCUT2D eigenvalue weighted by molar-refractivity contribution is 7.97. The summed E-state index contributed by atoms with van der Waals surface area (Å²) in [7, 11) is 0. The molecule has 0 unspecified atom stereocenters. The van der Waals surface area contributed by atoms with Crippen molar-refractivity contribution >= 4 is 17.7 Å². The van der Waals surface area contributed by atoms with Gasteiger partial charge >= 0.3 is 0 Å². The first-order valence-electron chi connectivity index (χ1n) is 5.25. The predicted octanol–water partition coefficient (Wildman–Crippen LogP) is 1.35. The number of aliphatic hydroxyl groups is 1. The molecule has 5 heteroatoms. The Morgan fingerprint density at radius 1 is 1.69 bits per heavy atom. The molecule has 1 aliphatic rings. The van der Waals surface area contributed by atoms with E-state index in [0.717, 1.165) is 11.5 Å². The maximum absolute atomic E-state index is 11.9. The van der Waals surface area contributed by atoms with Gasteiger partial charge in [0.15, 0.2) is 5.76 Å². The third-order valence-corrected chi connectivity index (χ3v) is 3.18. The summed E-state index contributed by atoms with van der Waals surface area (Å²) in [6.45, 7) is 1.02. The Hall–Kier alpha value is -0.940. The zero-order valence-corrected chi connectivity index (χ0v) is 10.00.